The van der Waals surface area contributed by atoms with Crippen LogP contribution in [0, 0.1) is 6.92 Å². The predicted molar refractivity (Wildman–Crippen MR) is 84.0 cm³/mol. The van der Waals surface area contributed by atoms with Crippen molar-refractivity contribution in [1.29, 1.82) is 0 Å². The first-order chi connectivity index (χ1) is 9.51. The van der Waals surface area contributed by atoms with E-state index in [9.17, 15) is 5.11 Å². The first-order valence-electron chi connectivity index (χ1n) is 6.36. The van der Waals surface area contributed by atoms with Gasteiger partial charge in [0.2, 0.25) is 0 Å². The molecule has 5 heteroatoms. The van der Waals surface area contributed by atoms with Crippen molar-refractivity contribution >= 4 is 22.9 Å². The van der Waals surface area contributed by atoms with Crippen LogP contribution in [0.15, 0.2) is 24.3 Å². The number of thiophene rings is 1. The fourth-order valence-corrected chi connectivity index (χ4v) is 3.10. The molecule has 20 heavy (non-hydrogen) atoms. The SMILES string of the molecule is COc1cc(Cl)cc(CNC(C)c2ccc(C)s2)c1O. The van der Waals surface area contributed by atoms with Gasteiger partial charge < -0.3 is 15.2 Å². The molecule has 1 atom stereocenters. The summed E-state index contributed by atoms with van der Waals surface area (Å²) >= 11 is 7.79. The maximum absolute atomic E-state index is 10.1. The Balaban J connectivity index is 2.09. The van der Waals surface area contributed by atoms with E-state index in [4.69, 9.17) is 16.3 Å². The largest absolute Gasteiger partial charge is 0.504 e. The van der Waals surface area contributed by atoms with Gasteiger partial charge in [-0.3, -0.25) is 0 Å². The molecule has 0 aliphatic heterocycles. The van der Waals surface area contributed by atoms with E-state index >= 15 is 0 Å². The van der Waals surface area contributed by atoms with Gasteiger partial charge in [-0.25, -0.2) is 0 Å². The number of aryl methyl sites for hydroxylation is 1. The molecule has 0 radical (unpaired) electrons. The Hall–Kier alpha value is -1.23. The average molecular weight is 312 g/mol. The monoisotopic (exact) mass is 311 g/mol. The van der Waals surface area contributed by atoms with E-state index in [1.165, 1.54) is 16.9 Å². The van der Waals surface area contributed by atoms with Gasteiger partial charge in [0, 0.05) is 39.0 Å². The van der Waals surface area contributed by atoms with Gasteiger partial charge in [-0.15, -0.1) is 11.3 Å². The molecule has 3 nitrogen and oxygen atoms in total. The lowest BCUT2D eigenvalue weighted by atomic mass is 10.1. The van der Waals surface area contributed by atoms with Crippen LogP contribution in [0.2, 0.25) is 5.02 Å². The zero-order valence-corrected chi connectivity index (χ0v) is 13.3. The van der Waals surface area contributed by atoms with E-state index in [1.807, 2.05) is 0 Å². The van der Waals surface area contributed by atoms with Crippen molar-refractivity contribution in [3.63, 3.8) is 0 Å². The normalized spacial score (nSPS) is 12.4. The second-order valence-corrected chi connectivity index (χ2v) is 6.42. The van der Waals surface area contributed by atoms with E-state index in [-0.39, 0.29) is 11.8 Å². The number of halogens is 1. The Morgan fingerprint density at radius 2 is 2.15 bits per heavy atom. The average Bonchev–Trinajstić information content (AvgIpc) is 2.85. The van der Waals surface area contributed by atoms with Crippen LogP contribution in [0.5, 0.6) is 11.5 Å². The van der Waals surface area contributed by atoms with E-state index in [0.29, 0.717) is 17.3 Å². The zero-order chi connectivity index (χ0) is 14.7. The molecule has 0 fully saturated rings. The second-order valence-electron chi connectivity index (χ2n) is 4.67. The summed E-state index contributed by atoms with van der Waals surface area (Å²) in [6, 6.07) is 7.80. The highest BCUT2D eigenvalue weighted by Gasteiger charge is 2.12. The molecule has 0 spiro atoms. The number of hydrogen-bond acceptors (Lipinski definition) is 4. The number of methoxy groups -OCH3 is 1. The number of ether oxygens (including phenoxy) is 1. The molecular formula is C15H18ClNO2S. The summed E-state index contributed by atoms with van der Waals surface area (Å²) in [5, 5.41) is 14.0. The molecule has 108 valence electrons. The van der Waals surface area contributed by atoms with Crippen molar-refractivity contribution in [3.05, 3.63) is 44.6 Å². The standard InChI is InChI=1S/C15H18ClNO2S/c1-9-4-5-14(20-9)10(2)17-8-11-6-12(16)7-13(19-3)15(11)18/h4-7,10,17-18H,8H2,1-3H3. The maximum atomic E-state index is 10.1. The lowest BCUT2D eigenvalue weighted by Gasteiger charge is -2.14. The zero-order valence-electron chi connectivity index (χ0n) is 11.7. The third-order valence-corrected chi connectivity index (χ3v) is 4.53. The molecule has 2 rings (SSSR count). The summed E-state index contributed by atoms with van der Waals surface area (Å²) in [5.41, 5.74) is 0.731. The minimum atomic E-state index is 0.138. The van der Waals surface area contributed by atoms with Gasteiger partial charge in [0.15, 0.2) is 11.5 Å². The van der Waals surface area contributed by atoms with Gasteiger partial charge >= 0.3 is 0 Å². The van der Waals surface area contributed by atoms with Crippen LogP contribution in [0.3, 0.4) is 0 Å². The first-order valence-corrected chi connectivity index (χ1v) is 7.55. The van der Waals surface area contributed by atoms with Crippen LogP contribution < -0.4 is 10.1 Å². The fourth-order valence-electron chi connectivity index (χ4n) is 1.97. The molecule has 1 heterocycles. The molecule has 0 aliphatic rings. The highest BCUT2D eigenvalue weighted by Crippen LogP contribution is 2.33. The number of benzene rings is 1. The molecule has 0 aliphatic carbocycles. The molecule has 1 aromatic heterocycles. The summed E-state index contributed by atoms with van der Waals surface area (Å²) in [5.74, 6) is 0.535. The van der Waals surface area contributed by atoms with Crippen LogP contribution >= 0.6 is 22.9 Å². The number of aromatic hydroxyl groups is 1. The minimum Gasteiger partial charge on any atom is -0.504 e. The van der Waals surface area contributed by atoms with Crippen LogP contribution in [-0.4, -0.2) is 12.2 Å². The van der Waals surface area contributed by atoms with Crippen molar-refractivity contribution in [2.24, 2.45) is 0 Å². The quantitative estimate of drug-likeness (QED) is 0.866. The highest BCUT2D eigenvalue weighted by molar-refractivity contribution is 7.12. The van der Waals surface area contributed by atoms with E-state index in [0.717, 1.165) is 5.56 Å². The number of phenolic OH excluding ortho intramolecular Hbond substituents is 1. The molecular weight excluding hydrogens is 294 g/mol. The Morgan fingerprint density at radius 1 is 1.40 bits per heavy atom. The number of phenols is 1. The van der Waals surface area contributed by atoms with Gasteiger partial charge in [-0.2, -0.15) is 0 Å². The van der Waals surface area contributed by atoms with Gasteiger partial charge in [0.25, 0.3) is 0 Å². The molecule has 1 unspecified atom stereocenters. The summed E-state index contributed by atoms with van der Waals surface area (Å²) in [4.78, 5) is 2.57. The Morgan fingerprint density at radius 3 is 2.75 bits per heavy atom. The smallest absolute Gasteiger partial charge is 0.162 e. The summed E-state index contributed by atoms with van der Waals surface area (Å²) in [7, 11) is 1.51. The summed E-state index contributed by atoms with van der Waals surface area (Å²) in [6.07, 6.45) is 0. The molecule has 0 bridgehead atoms. The molecule has 2 N–H and O–H groups in total. The molecule has 2 aromatic rings. The van der Waals surface area contributed by atoms with Gasteiger partial charge in [-0.1, -0.05) is 11.6 Å². The maximum Gasteiger partial charge on any atom is 0.162 e. The summed E-state index contributed by atoms with van der Waals surface area (Å²) in [6.45, 7) is 4.72. The van der Waals surface area contributed by atoms with Crippen LogP contribution in [-0.2, 0) is 6.54 Å². The predicted octanol–water partition coefficient (Wildman–Crippen LogP) is 4.27. The Kier molecular flexibility index (Phi) is 4.91. The Bertz CT molecular complexity index is 598. The third kappa shape index (κ3) is 3.45. The van der Waals surface area contributed by atoms with Gasteiger partial charge in [0.05, 0.1) is 7.11 Å². The molecule has 0 saturated heterocycles. The topological polar surface area (TPSA) is 41.5 Å². The van der Waals surface area contributed by atoms with E-state index < -0.39 is 0 Å². The minimum absolute atomic E-state index is 0.138. The van der Waals surface area contributed by atoms with E-state index in [2.05, 4.69) is 31.3 Å². The first kappa shape index (κ1) is 15.2. The van der Waals surface area contributed by atoms with Crippen molar-refractivity contribution in [2.45, 2.75) is 26.4 Å². The number of nitrogens with one attached hydrogen (secondary N) is 1. The molecule has 1 aromatic carbocycles. The van der Waals surface area contributed by atoms with Crippen molar-refractivity contribution in [2.75, 3.05) is 7.11 Å². The molecule has 0 amide bonds. The summed E-state index contributed by atoms with van der Waals surface area (Å²) < 4.78 is 5.10. The number of rotatable bonds is 5. The third-order valence-electron chi connectivity index (χ3n) is 3.13. The van der Waals surface area contributed by atoms with Crippen molar-refractivity contribution in [1.82, 2.24) is 5.32 Å². The van der Waals surface area contributed by atoms with Crippen LogP contribution in [0.1, 0.15) is 28.3 Å². The van der Waals surface area contributed by atoms with Crippen LogP contribution in [0.25, 0.3) is 0 Å². The van der Waals surface area contributed by atoms with Crippen molar-refractivity contribution < 1.29 is 9.84 Å². The van der Waals surface area contributed by atoms with Crippen LogP contribution in [0.4, 0.5) is 0 Å². The lowest BCUT2D eigenvalue weighted by molar-refractivity contribution is 0.369. The highest BCUT2D eigenvalue weighted by atomic mass is 35.5. The Labute approximate surface area is 128 Å². The lowest BCUT2D eigenvalue weighted by Crippen LogP contribution is -2.17. The van der Waals surface area contributed by atoms with E-state index in [1.54, 1.807) is 23.5 Å². The van der Waals surface area contributed by atoms with Gasteiger partial charge in [0.1, 0.15) is 0 Å². The van der Waals surface area contributed by atoms with Gasteiger partial charge in [-0.05, 0) is 32.0 Å². The number of hydrogen-bond donors (Lipinski definition) is 2. The molecule has 0 saturated carbocycles. The fraction of sp³-hybridized carbons (Fsp3) is 0.333. The second kappa shape index (κ2) is 6.48. The van der Waals surface area contributed by atoms with Crippen molar-refractivity contribution in [3.8, 4) is 11.5 Å².